The lowest BCUT2D eigenvalue weighted by Crippen LogP contribution is -2.48. The number of benzene rings is 2. The minimum atomic E-state index is -0.108. The number of carbonyl (C=O) groups excluding carboxylic acids is 1. The highest BCUT2D eigenvalue weighted by atomic mass is 32.2. The molecule has 2 atom stereocenters. The van der Waals surface area contributed by atoms with E-state index >= 15 is 0 Å². The van der Waals surface area contributed by atoms with Gasteiger partial charge in [0.15, 0.2) is 5.16 Å². The maximum Gasteiger partial charge on any atom is 0.266 e. The summed E-state index contributed by atoms with van der Waals surface area (Å²) < 4.78 is 1.65. The predicted molar refractivity (Wildman–Crippen MR) is 127 cm³/mol. The van der Waals surface area contributed by atoms with Crippen LogP contribution in [0.15, 0.2) is 52.4 Å². The van der Waals surface area contributed by atoms with Crippen molar-refractivity contribution in [2.45, 2.75) is 64.2 Å². The third-order valence-electron chi connectivity index (χ3n) is 6.30. The molecule has 1 aliphatic heterocycles. The molecule has 1 amide bonds. The van der Waals surface area contributed by atoms with E-state index in [0.717, 1.165) is 30.5 Å². The van der Waals surface area contributed by atoms with Gasteiger partial charge in [-0.05, 0) is 82.3 Å². The number of thioether (sulfide) groups is 1. The monoisotopic (exact) mass is 435 g/mol. The first-order chi connectivity index (χ1) is 14.9. The Hall–Kier alpha value is -2.60. The van der Waals surface area contributed by atoms with E-state index in [1.54, 1.807) is 10.6 Å². The zero-order valence-electron chi connectivity index (χ0n) is 18.6. The number of piperidine rings is 1. The second-order valence-corrected chi connectivity index (χ2v) is 9.48. The smallest absolute Gasteiger partial charge is 0.266 e. The Morgan fingerprint density at radius 2 is 1.77 bits per heavy atom. The SMILES string of the molecule is Cc1ccc(-n2c(SCC(=O)N3C(C)CCCC3C)nc3ccccc3c2=O)cc1C. The Morgan fingerprint density at radius 3 is 2.48 bits per heavy atom. The number of rotatable bonds is 4. The largest absolute Gasteiger partial charge is 0.337 e. The van der Waals surface area contributed by atoms with Gasteiger partial charge in [0.25, 0.3) is 5.56 Å². The summed E-state index contributed by atoms with van der Waals surface area (Å²) in [4.78, 5) is 33.3. The van der Waals surface area contributed by atoms with Gasteiger partial charge in [0, 0.05) is 12.1 Å². The highest BCUT2D eigenvalue weighted by Gasteiger charge is 2.29. The van der Waals surface area contributed by atoms with Crippen LogP contribution in [0.2, 0.25) is 0 Å². The van der Waals surface area contributed by atoms with Crippen LogP contribution in [0.1, 0.15) is 44.2 Å². The van der Waals surface area contributed by atoms with Gasteiger partial charge >= 0.3 is 0 Å². The standard InChI is InChI=1S/C25H29N3O2S/c1-16-12-13-20(14-17(16)2)28-24(30)21-10-5-6-11-22(21)26-25(28)31-15-23(29)27-18(3)8-7-9-19(27)4/h5-6,10-14,18-19H,7-9,15H2,1-4H3. The maximum absolute atomic E-state index is 13.4. The summed E-state index contributed by atoms with van der Waals surface area (Å²) in [5.41, 5.74) is 3.61. The number of likely N-dealkylation sites (tertiary alicyclic amines) is 1. The Morgan fingerprint density at radius 1 is 1.06 bits per heavy atom. The van der Waals surface area contributed by atoms with Crippen LogP contribution in [-0.2, 0) is 4.79 Å². The molecule has 1 saturated heterocycles. The summed E-state index contributed by atoms with van der Waals surface area (Å²) >= 11 is 1.35. The van der Waals surface area contributed by atoms with Crippen LogP contribution < -0.4 is 5.56 Å². The molecule has 0 aliphatic carbocycles. The van der Waals surface area contributed by atoms with E-state index in [0.29, 0.717) is 16.1 Å². The molecule has 1 aliphatic rings. The summed E-state index contributed by atoms with van der Waals surface area (Å²) in [6.45, 7) is 8.33. The fraction of sp³-hybridized carbons (Fsp3) is 0.400. The normalized spacial score (nSPS) is 19.0. The Kier molecular flexibility index (Phi) is 6.19. The quantitative estimate of drug-likeness (QED) is 0.433. The number of amides is 1. The molecule has 0 N–H and O–H groups in total. The summed E-state index contributed by atoms with van der Waals surface area (Å²) in [6, 6.07) is 13.9. The number of fused-ring (bicyclic) bond motifs is 1. The van der Waals surface area contributed by atoms with Crippen LogP contribution >= 0.6 is 11.8 Å². The van der Waals surface area contributed by atoms with E-state index in [-0.39, 0.29) is 29.3 Å². The van der Waals surface area contributed by atoms with Crippen molar-refractivity contribution < 1.29 is 4.79 Å². The van der Waals surface area contributed by atoms with Gasteiger partial charge in [0.2, 0.25) is 5.91 Å². The highest BCUT2D eigenvalue weighted by Crippen LogP contribution is 2.26. The maximum atomic E-state index is 13.4. The van der Waals surface area contributed by atoms with Crippen molar-refractivity contribution in [3.05, 3.63) is 63.9 Å². The Bertz CT molecular complexity index is 1180. The molecule has 31 heavy (non-hydrogen) atoms. The van der Waals surface area contributed by atoms with Crippen molar-refractivity contribution in [2.24, 2.45) is 0 Å². The molecule has 1 fully saturated rings. The lowest BCUT2D eigenvalue weighted by Gasteiger charge is -2.39. The number of aryl methyl sites for hydroxylation is 2. The molecule has 2 aromatic carbocycles. The van der Waals surface area contributed by atoms with E-state index < -0.39 is 0 Å². The van der Waals surface area contributed by atoms with Crippen LogP contribution in [-0.4, -0.2) is 38.2 Å². The molecule has 1 aromatic heterocycles. The fourth-order valence-corrected chi connectivity index (χ4v) is 5.30. The molecule has 5 nitrogen and oxygen atoms in total. The summed E-state index contributed by atoms with van der Waals surface area (Å²) in [7, 11) is 0. The van der Waals surface area contributed by atoms with E-state index in [2.05, 4.69) is 20.8 Å². The number of nitrogens with zero attached hydrogens (tertiary/aromatic N) is 3. The van der Waals surface area contributed by atoms with Crippen LogP contribution in [0.25, 0.3) is 16.6 Å². The first kappa shape index (κ1) is 21.6. The first-order valence-electron chi connectivity index (χ1n) is 10.9. The van der Waals surface area contributed by atoms with Crippen molar-refractivity contribution in [3.63, 3.8) is 0 Å². The van der Waals surface area contributed by atoms with Gasteiger partial charge in [-0.15, -0.1) is 0 Å². The van der Waals surface area contributed by atoms with Crippen LogP contribution in [0.5, 0.6) is 0 Å². The topological polar surface area (TPSA) is 55.2 Å². The van der Waals surface area contributed by atoms with Crippen molar-refractivity contribution in [3.8, 4) is 5.69 Å². The average molecular weight is 436 g/mol. The molecule has 0 saturated carbocycles. The minimum absolute atomic E-state index is 0.108. The lowest BCUT2D eigenvalue weighted by atomic mass is 9.98. The van der Waals surface area contributed by atoms with Gasteiger partial charge in [0.1, 0.15) is 0 Å². The molecule has 6 heteroatoms. The van der Waals surface area contributed by atoms with Crippen molar-refractivity contribution in [1.82, 2.24) is 14.5 Å². The molecule has 4 rings (SSSR count). The van der Waals surface area contributed by atoms with Gasteiger partial charge in [-0.2, -0.15) is 0 Å². The van der Waals surface area contributed by atoms with Crippen LogP contribution in [0, 0.1) is 13.8 Å². The summed E-state index contributed by atoms with van der Waals surface area (Å²) in [6.07, 6.45) is 3.25. The molecule has 0 radical (unpaired) electrons. The van der Waals surface area contributed by atoms with Gasteiger partial charge in [-0.25, -0.2) is 4.98 Å². The molecule has 162 valence electrons. The first-order valence-corrected chi connectivity index (χ1v) is 11.9. The van der Waals surface area contributed by atoms with Gasteiger partial charge in [-0.1, -0.05) is 30.0 Å². The van der Waals surface area contributed by atoms with Crippen molar-refractivity contribution >= 4 is 28.6 Å². The second kappa shape index (κ2) is 8.87. The summed E-state index contributed by atoms with van der Waals surface area (Å²) in [5.74, 6) is 0.378. The highest BCUT2D eigenvalue weighted by molar-refractivity contribution is 7.99. The number of hydrogen-bond acceptors (Lipinski definition) is 4. The Balaban J connectivity index is 1.73. The summed E-state index contributed by atoms with van der Waals surface area (Å²) in [5, 5.41) is 1.13. The number of para-hydroxylation sites is 1. The predicted octanol–water partition coefficient (Wildman–Crippen LogP) is 4.88. The van der Waals surface area contributed by atoms with Crippen molar-refractivity contribution in [2.75, 3.05) is 5.75 Å². The molecular weight excluding hydrogens is 406 g/mol. The lowest BCUT2D eigenvalue weighted by molar-refractivity contribution is -0.134. The number of aromatic nitrogens is 2. The van der Waals surface area contributed by atoms with E-state index in [1.165, 1.54) is 17.3 Å². The van der Waals surface area contributed by atoms with Crippen molar-refractivity contribution in [1.29, 1.82) is 0 Å². The zero-order valence-corrected chi connectivity index (χ0v) is 19.4. The number of hydrogen-bond donors (Lipinski definition) is 0. The van der Waals surface area contributed by atoms with Crippen LogP contribution in [0.4, 0.5) is 0 Å². The fourth-order valence-electron chi connectivity index (χ4n) is 4.42. The molecule has 0 bridgehead atoms. The zero-order chi connectivity index (χ0) is 22.1. The van der Waals surface area contributed by atoms with E-state index in [4.69, 9.17) is 4.98 Å². The van der Waals surface area contributed by atoms with Gasteiger partial charge < -0.3 is 4.90 Å². The number of carbonyl (C=O) groups is 1. The van der Waals surface area contributed by atoms with Gasteiger partial charge in [-0.3, -0.25) is 14.2 Å². The second-order valence-electron chi connectivity index (χ2n) is 8.54. The molecule has 2 unspecified atom stereocenters. The van der Waals surface area contributed by atoms with E-state index in [9.17, 15) is 9.59 Å². The molecule has 3 aromatic rings. The third kappa shape index (κ3) is 4.26. The van der Waals surface area contributed by atoms with Crippen LogP contribution in [0.3, 0.4) is 0 Å². The Labute approximate surface area is 187 Å². The molecule has 2 heterocycles. The van der Waals surface area contributed by atoms with Gasteiger partial charge in [0.05, 0.1) is 22.3 Å². The minimum Gasteiger partial charge on any atom is -0.337 e. The molecular formula is C25H29N3O2S. The average Bonchev–Trinajstić information content (AvgIpc) is 2.74. The third-order valence-corrected chi connectivity index (χ3v) is 7.22. The molecule has 0 spiro atoms. The van der Waals surface area contributed by atoms with E-state index in [1.807, 2.05) is 48.2 Å².